The van der Waals surface area contributed by atoms with E-state index in [2.05, 4.69) is 18.7 Å². The fourth-order valence-electron chi connectivity index (χ4n) is 2.36. The lowest BCUT2D eigenvalue weighted by Gasteiger charge is -2.49. The maximum absolute atomic E-state index is 11.7. The number of fused-ring (bicyclic) bond motifs is 3. The van der Waals surface area contributed by atoms with Gasteiger partial charge in [0.15, 0.2) is 5.78 Å². The molecule has 3 heterocycles. The number of nitrogens with zero attached hydrogens (tertiary/aromatic N) is 1. The summed E-state index contributed by atoms with van der Waals surface area (Å²) in [6.07, 6.45) is 2.20. The van der Waals surface area contributed by atoms with Crippen molar-refractivity contribution in [1.82, 2.24) is 4.90 Å². The molecule has 0 saturated carbocycles. The number of rotatable bonds is 0. The molecule has 2 bridgehead atoms. The predicted octanol–water partition coefficient (Wildman–Crippen LogP) is 0.679. The van der Waals surface area contributed by atoms with Crippen molar-refractivity contribution in [3.63, 3.8) is 0 Å². The molecule has 2 nitrogen and oxygen atoms in total. The van der Waals surface area contributed by atoms with E-state index in [4.69, 9.17) is 0 Å². The summed E-state index contributed by atoms with van der Waals surface area (Å²) in [6.45, 7) is 6.37. The molecule has 0 spiro atoms. The molecule has 3 aliphatic heterocycles. The minimum absolute atomic E-state index is 0. The van der Waals surface area contributed by atoms with E-state index >= 15 is 0 Å². The van der Waals surface area contributed by atoms with Gasteiger partial charge >= 0.3 is 0 Å². The summed E-state index contributed by atoms with van der Waals surface area (Å²) >= 11 is 0. The molecule has 3 heteroatoms. The molecule has 65 valence electrons. The highest BCUT2D eigenvalue weighted by molar-refractivity contribution is 5.91. The first-order valence-electron chi connectivity index (χ1n) is 4.42. The Morgan fingerprint density at radius 2 is 1.83 bits per heavy atom. The van der Waals surface area contributed by atoms with Crippen molar-refractivity contribution in [1.29, 1.82) is 0 Å². The van der Waals surface area contributed by atoms with Gasteiger partial charge in [-0.15, -0.1) is 0 Å². The molecule has 3 saturated heterocycles. The molecule has 0 aromatic carbocycles. The Bertz CT molecular complexity index is 195. The lowest BCUT2D eigenvalue weighted by atomic mass is 9.75. The van der Waals surface area contributed by atoms with Crippen LogP contribution in [0.2, 0.25) is 0 Å². The van der Waals surface area contributed by atoms with Crippen molar-refractivity contribution < 1.29 is 4.79 Å². The normalized spacial score (nSPS) is 37.7. The molecule has 0 unspecified atom stereocenters. The zero-order valence-electron chi connectivity index (χ0n) is 7.84. The first-order chi connectivity index (χ1) is 5.12. The zero-order valence-corrected chi connectivity index (χ0v) is 7.84. The maximum atomic E-state index is 11.7. The van der Waals surface area contributed by atoms with E-state index in [1.54, 1.807) is 0 Å². The summed E-state index contributed by atoms with van der Waals surface area (Å²) in [4.78, 5) is 14.0. The van der Waals surface area contributed by atoms with Gasteiger partial charge in [0.05, 0.1) is 5.54 Å². The van der Waals surface area contributed by atoms with Gasteiger partial charge in [-0.3, -0.25) is 9.69 Å². The number of carbonyl (C=O) groups excluding carboxylic acids is 1. The van der Waals surface area contributed by atoms with Crippen molar-refractivity contribution in [3.05, 3.63) is 0 Å². The lowest BCUT2D eigenvalue weighted by Crippen LogP contribution is -2.61. The van der Waals surface area contributed by atoms with E-state index in [9.17, 15) is 4.79 Å². The summed E-state index contributed by atoms with van der Waals surface area (Å²) in [5.74, 6) is 0.852. The monoisotopic (exact) mass is 164 g/mol. The topological polar surface area (TPSA) is 20.3 Å². The molecule has 12 heavy (non-hydrogen) atoms. The lowest BCUT2D eigenvalue weighted by molar-refractivity contribution is -0.144. The molecule has 0 aromatic rings. The second-order valence-corrected chi connectivity index (χ2v) is 4.18. The molecule has 3 aliphatic rings. The highest BCUT2D eigenvalue weighted by atomic mass is 16.1. The van der Waals surface area contributed by atoms with Crippen LogP contribution in [-0.2, 0) is 4.79 Å². The highest BCUT2D eigenvalue weighted by Gasteiger charge is 2.46. The van der Waals surface area contributed by atoms with Crippen LogP contribution in [0.1, 0.15) is 26.7 Å². The van der Waals surface area contributed by atoms with Gasteiger partial charge < -0.3 is 0 Å². The van der Waals surface area contributed by atoms with Crippen molar-refractivity contribution in [3.8, 4) is 0 Å². The van der Waals surface area contributed by atoms with Crippen LogP contribution >= 0.6 is 0 Å². The second kappa shape index (κ2) is 2.88. The number of Topliss-reactive ketones (excluding diaryl/α,β-unsaturated/α-hetero) is 1. The highest BCUT2D eigenvalue weighted by Crippen LogP contribution is 2.35. The SMILES string of the molecule is CC1(C)C(=O)C2CCN1CC2.[B]. The molecule has 0 aromatic heterocycles. The van der Waals surface area contributed by atoms with Gasteiger partial charge in [-0.1, -0.05) is 0 Å². The van der Waals surface area contributed by atoms with Gasteiger partial charge in [0.25, 0.3) is 0 Å². The minimum atomic E-state index is -0.152. The van der Waals surface area contributed by atoms with Gasteiger partial charge in [0.1, 0.15) is 0 Å². The number of piperidine rings is 3. The molecule has 0 amide bonds. The van der Waals surface area contributed by atoms with Gasteiger partial charge in [0.2, 0.25) is 0 Å². The average molecular weight is 164 g/mol. The second-order valence-electron chi connectivity index (χ2n) is 4.18. The summed E-state index contributed by atoms with van der Waals surface area (Å²) in [5.41, 5.74) is -0.152. The smallest absolute Gasteiger partial charge is 0.155 e. The van der Waals surface area contributed by atoms with Crippen LogP contribution in [0, 0.1) is 5.92 Å². The van der Waals surface area contributed by atoms with Gasteiger partial charge in [-0.2, -0.15) is 0 Å². The van der Waals surface area contributed by atoms with Crippen LogP contribution in [0.3, 0.4) is 0 Å². The molecule has 3 radical (unpaired) electrons. The molecule has 3 fully saturated rings. The fourth-order valence-corrected chi connectivity index (χ4v) is 2.36. The molecule has 0 aliphatic carbocycles. The van der Waals surface area contributed by atoms with Crippen LogP contribution < -0.4 is 0 Å². The summed E-state index contributed by atoms with van der Waals surface area (Å²) in [5, 5.41) is 0. The van der Waals surface area contributed by atoms with E-state index in [1.165, 1.54) is 0 Å². The first kappa shape index (κ1) is 9.78. The van der Waals surface area contributed by atoms with Crippen LogP contribution in [0.4, 0.5) is 0 Å². The third-order valence-corrected chi connectivity index (χ3v) is 3.26. The molecule has 3 rings (SSSR count). The van der Waals surface area contributed by atoms with Crippen LogP contribution in [0.5, 0.6) is 0 Å². The number of hydrogen-bond donors (Lipinski definition) is 0. The van der Waals surface area contributed by atoms with Crippen molar-refractivity contribution in [2.24, 2.45) is 5.92 Å². The number of hydrogen-bond acceptors (Lipinski definition) is 2. The van der Waals surface area contributed by atoms with E-state index in [1.807, 2.05) is 0 Å². The maximum Gasteiger partial charge on any atom is 0.155 e. The van der Waals surface area contributed by atoms with E-state index in [0.717, 1.165) is 25.9 Å². The van der Waals surface area contributed by atoms with Gasteiger partial charge in [0, 0.05) is 14.3 Å². The van der Waals surface area contributed by atoms with Gasteiger partial charge in [-0.25, -0.2) is 0 Å². The van der Waals surface area contributed by atoms with Gasteiger partial charge in [-0.05, 0) is 39.8 Å². The Morgan fingerprint density at radius 1 is 1.33 bits per heavy atom. The Balaban J connectivity index is 0.000000720. The fraction of sp³-hybridized carbons (Fsp3) is 0.889. The minimum Gasteiger partial charge on any atom is -0.297 e. The zero-order chi connectivity index (χ0) is 8.06. The van der Waals surface area contributed by atoms with Crippen molar-refractivity contribution in [2.45, 2.75) is 32.2 Å². The van der Waals surface area contributed by atoms with Crippen molar-refractivity contribution in [2.75, 3.05) is 13.1 Å². The third-order valence-electron chi connectivity index (χ3n) is 3.26. The largest absolute Gasteiger partial charge is 0.297 e. The summed E-state index contributed by atoms with van der Waals surface area (Å²) < 4.78 is 0. The van der Waals surface area contributed by atoms with E-state index < -0.39 is 0 Å². The number of carbonyl (C=O) groups is 1. The van der Waals surface area contributed by atoms with Crippen molar-refractivity contribution >= 4 is 14.2 Å². The average Bonchev–Trinajstić information content (AvgIpc) is 2.01. The standard InChI is InChI=1S/C9H15NO.B/c1-9(2)8(11)7-3-5-10(9)6-4-7;/h7H,3-6H2,1-2H3;. The first-order valence-corrected chi connectivity index (χ1v) is 4.42. The van der Waals surface area contributed by atoms with E-state index in [0.29, 0.717) is 11.7 Å². The Hall–Kier alpha value is -0.305. The summed E-state index contributed by atoms with van der Waals surface area (Å²) in [6, 6.07) is 0. The molecular formula is C9H15BNO. The molecule has 0 N–H and O–H groups in total. The Labute approximate surface area is 75.9 Å². The molecule has 0 atom stereocenters. The van der Waals surface area contributed by atoms with Crippen LogP contribution in [-0.4, -0.2) is 37.7 Å². The Morgan fingerprint density at radius 3 is 2.08 bits per heavy atom. The molecular weight excluding hydrogens is 149 g/mol. The Kier molecular flexibility index (Phi) is 2.34. The number of ketones is 1. The van der Waals surface area contributed by atoms with Crippen LogP contribution in [0.15, 0.2) is 0 Å². The predicted molar refractivity (Wildman–Crippen MR) is 49.1 cm³/mol. The van der Waals surface area contributed by atoms with Crippen LogP contribution in [0.25, 0.3) is 0 Å². The summed E-state index contributed by atoms with van der Waals surface area (Å²) in [7, 11) is 0. The third kappa shape index (κ3) is 1.11. The quantitative estimate of drug-likeness (QED) is 0.490. The van der Waals surface area contributed by atoms with E-state index in [-0.39, 0.29) is 14.0 Å².